The molecule has 0 amide bonds. The van der Waals surface area contributed by atoms with Gasteiger partial charge >= 0.3 is 42.6 Å². The van der Waals surface area contributed by atoms with Gasteiger partial charge in [0.2, 0.25) is 0 Å². The van der Waals surface area contributed by atoms with Gasteiger partial charge in [0.25, 0.3) is 0 Å². The van der Waals surface area contributed by atoms with E-state index in [4.69, 9.17) is 27.9 Å². The zero-order valence-electron chi connectivity index (χ0n) is 12.2. The van der Waals surface area contributed by atoms with E-state index in [0.717, 1.165) is 6.42 Å². The average Bonchev–Trinajstić information content (AvgIpc) is 2.51. The van der Waals surface area contributed by atoms with Crippen LogP contribution in [0.5, 0.6) is 0 Å². The SMILES string of the molecule is C=CCCCCc1c(C)c(C)[c-](C)c1C.[Cl][Ti+]([Cl])[Cl]. The Bertz CT molecular complexity index is 366. The molecule has 0 N–H and O–H groups in total. The van der Waals surface area contributed by atoms with Crippen LogP contribution < -0.4 is 0 Å². The molecule has 1 rings (SSSR count). The molecule has 1 aromatic carbocycles. The van der Waals surface area contributed by atoms with Crippen LogP contribution in [0.2, 0.25) is 0 Å². The minimum atomic E-state index is -1.92. The van der Waals surface area contributed by atoms with E-state index >= 15 is 0 Å². The zero-order chi connectivity index (χ0) is 15.0. The summed E-state index contributed by atoms with van der Waals surface area (Å²) >= 11 is -1.92. The van der Waals surface area contributed by atoms with Gasteiger partial charge in [0.1, 0.15) is 0 Å². The van der Waals surface area contributed by atoms with Gasteiger partial charge in [-0.05, 0) is 6.42 Å². The molecule has 108 valence electrons. The number of halogens is 3. The molecule has 0 radical (unpaired) electrons. The molecule has 0 aliphatic heterocycles. The molecule has 4 heteroatoms. The number of unbranched alkanes of at least 4 members (excludes halogenated alkanes) is 2. The van der Waals surface area contributed by atoms with Crippen molar-refractivity contribution in [2.75, 3.05) is 0 Å². The van der Waals surface area contributed by atoms with Crippen LogP contribution in [-0.4, -0.2) is 0 Å². The van der Waals surface area contributed by atoms with Crippen LogP contribution in [0.3, 0.4) is 0 Å². The third-order valence-corrected chi connectivity index (χ3v) is 3.68. The van der Waals surface area contributed by atoms with E-state index in [1.807, 2.05) is 6.08 Å². The van der Waals surface area contributed by atoms with Gasteiger partial charge in [-0.3, -0.25) is 0 Å². The van der Waals surface area contributed by atoms with Gasteiger partial charge in [-0.25, -0.2) is 0 Å². The molecule has 0 fully saturated rings. The van der Waals surface area contributed by atoms with E-state index in [1.165, 1.54) is 41.5 Å². The topological polar surface area (TPSA) is 0 Å². The van der Waals surface area contributed by atoms with Gasteiger partial charge in [-0.2, -0.15) is 27.8 Å². The van der Waals surface area contributed by atoms with E-state index in [0.29, 0.717) is 0 Å². The first-order valence-corrected chi connectivity index (χ1v) is 12.9. The number of allylic oxidation sites excluding steroid dienone is 1. The molecule has 0 unspecified atom stereocenters. The van der Waals surface area contributed by atoms with Crippen molar-refractivity contribution in [2.45, 2.75) is 53.4 Å². The first-order valence-electron chi connectivity index (χ1n) is 6.49. The Balaban J connectivity index is 0.000000711. The van der Waals surface area contributed by atoms with Crippen molar-refractivity contribution in [2.24, 2.45) is 0 Å². The standard InChI is InChI=1S/C15H23.3ClH.Ti/c1-6-7-8-9-10-15-13(4)11(2)12(3)14(15)5;;;;/h6H,1,7-10H2,2-5H3;3*1H;/q-1;;;;+4/p-3. The molecule has 0 aromatic heterocycles. The summed E-state index contributed by atoms with van der Waals surface area (Å²) in [6.07, 6.45) is 6.96. The summed E-state index contributed by atoms with van der Waals surface area (Å²) in [5.41, 5.74) is 7.61. The number of hydrogen-bond acceptors (Lipinski definition) is 0. The van der Waals surface area contributed by atoms with Gasteiger partial charge in [0, 0.05) is 0 Å². The molecule has 0 saturated heterocycles. The predicted octanol–water partition coefficient (Wildman–Crippen LogP) is 6.60. The summed E-state index contributed by atoms with van der Waals surface area (Å²) in [5.74, 6) is 0. The summed E-state index contributed by atoms with van der Waals surface area (Å²) in [6, 6.07) is 0. The van der Waals surface area contributed by atoms with Gasteiger partial charge in [-0.15, -0.1) is 6.58 Å². The van der Waals surface area contributed by atoms with E-state index in [2.05, 4.69) is 34.3 Å². The van der Waals surface area contributed by atoms with Crippen molar-refractivity contribution in [3.05, 3.63) is 40.5 Å². The summed E-state index contributed by atoms with van der Waals surface area (Å²) in [7, 11) is 14.9. The Morgan fingerprint density at radius 2 is 1.63 bits per heavy atom. The molecule has 1 aromatic rings. The van der Waals surface area contributed by atoms with E-state index in [1.54, 1.807) is 5.56 Å². The van der Waals surface area contributed by atoms with Crippen molar-refractivity contribution in [3.63, 3.8) is 0 Å². The van der Waals surface area contributed by atoms with E-state index in [9.17, 15) is 0 Å². The Morgan fingerprint density at radius 1 is 1.11 bits per heavy atom. The molecule has 19 heavy (non-hydrogen) atoms. The van der Waals surface area contributed by atoms with Crippen molar-refractivity contribution in [1.82, 2.24) is 0 Å². The number of hydrogen-bond donors (Lipinski definition) is 0. The second-order valence-electron chi connectivity index (χ2n) is 4.73. The fourth-order valence-electron chi connectivity index (χ4n) is 2.26. The van der Waals surface area contributed by atoms with Crippen LogP contribution in [0, 0.1) is 27.7 Å². The monoisotopic (exact) mass is 356 g/mol. The third kappa shape index (κ3) is 7.30. The van der Waals surface area contributed by atoms with Crippen LogP contribution >= 0.6 is 27.9 Å². The molecule has 0 aliphatic rings. The summed E-state index contributed by atoms with van der Waals surface area (Å²) in [5, 5.41) is 0. The van der Waals surface area contributed by atoms with Crippen molar-refractivity contribution >= 4 is 27.9 Å². The fraction of sp³-hybridized carbons (Fsp3) is 0.533. The van der Waals surface area contributed by atoms with E-state index in [-0.39, 0.29) is 0 Å². The van der Waals surface area contributed by atoms with Crippen LogP contribution in [0.15, 0.2) is 12.7 Å². The van der Waals surface area contributed by atoms with Crippen LogP contribution in [-0.2, 0) is 21.1 Å². The normalized spacial score (nSPS) is 9.84. The molecular formula is C15H23Cl3Ti. The quantitative estimate of drug-likeness (QED) is 0.241. The Hall–Kier alpha value is 0.674. The van der Waals surface area contributed by atoms with Crippen molar-refractivity contribution in [3.8, 4) is 0 Å². The number of rotatable bonds is 5. The first-order chi connectivity index (χ1) is 8.82. The summed E-state index contributed by atoms with van der Waals surface area (Å²) < 4.78 is 0. The molecule has 0 saturated carbocycles. The molecule has 0 heterocycles. The molecule has 0 atom stereocenters. The minimum absolute atomic E-state index is 1.15. The van der Waals surface area contributed by atoms with Crippen LogP contribution in [0.4, 0.5) is 0 Å². The van der Waals surface area contributed by atoms with E-state index < -0.39 is 14.7 Å². The van der Waals surface area contributed by atoms with Gasteiger partial charge < -0.3 is 0 Å². The van der Waals surface area contributed by atoms with Crippen molar-refractivity contribution in [1.29, 1.82) is 0 Å². The maximum atomic E-state index is 4.97. The molecule has 0 nitrogen and oxygen atoms in total. The Labute approximate surface area is 136 Å². The van der Waals surface area contributed by atoms with Gasteiger partial charge in [0.15, 0.2) is 0 Å². The Kier molecular flexibility index (Phi) is 10.8. The average molecular weight is 358 g/mol. The van der Waals surface area contributed by atoms with Crippen LogP contribution in [0.1, 0.15) is 47.1 Å². The fourth-order valence-corrected chi connectivity index (χ4v) is 2.26. The van der Waals surface area contributed by atoms with Gasteiger partial charge in [0.05, 0.1) is 0 Å². The maximum absolute atomic E-state index is 4.97. The van der Waals surface area contributed by atoms with Gasteiger partial charge in [-0.1, -0.05) is 53.0 Å². The molecule has 0 spiro atoms. The second-order valence-corrected chi connectivity index (χ2v) is 12.5. The van der Waals surface area contributed by atoms with Crippen LogP contribution in [0.25, 0.3) is 0 Å². The summed E-state index contributed by atoms with van der Waals surface area (Å²) in [4.78, 5) is 0. The molecular weight excluding hydrogens is 334 g/mol. The second kappa shape index (κ2) is 10.4. The predicted molar refractivity (Wildman–Crippen MR) is 86.3 cm³/mol. The summed E-state index contributed by atoms with van der Waals surface area (Å²) in [6.45, 7) is 12.8. The third-order valence-electron chi connectivity index (χ3n) is 3.68. The molecule has 0 aliphatic carbocycles. The Morgan fingerprint density at radius 3 is 2.00 bits per heavy atom. The first kappa shape index (κ1) is 19.7. The zero-order valence-corrected chi connectivity index (χ0v) is 16.1. The molecule has 0 bridgehead atoms. The van der Waals surface area contributed by atoms with Crippen molar-refractivity contribution < 1.29 is 14.7 Å².